The van der Waals surface area contributed by atoms with Crippen LogP contribution in [0.15, 0.2) is 36.4 Å². The number of carbonyl (C=O) groups excluding carboxylic acids is 4. The van der Waals surface area contributed by atoms with Gasteiger partial charge in [0, 0.05) is 33.2 Å². The lowest BCUT2D eigenvalue weighted by atomic mass is 9.45. The second kappa shape index (κ2) is 18.5. The molecule has 3 aliphatic carbocycles. The molecule has 0 aromatic heterocycles. The molecule has 312 valence electrons. The van der Waals surface area contributed by atoms with Crippen molar-refractivity contribution in [1.29, 1.82) is 0 Å². The summed E-state index contributed by atoms with van der Waals surface area (Å²) in [5.41, 5.74) is 1.18. The van der Waals surface area contributed by atoms with Gasteiger partial charge in [0.05, 0.1) is 18.2 Å². The number of nitrogens with zero attached hydrogens (tertiary/aromatic N) is 2. The summed E-state index contributed by atoms with van der Waals surface area (Å²) in [6.45, 7) is 16.9. The van der Waals surface area contributed by atoms with Crippen LogP contribution in [-0.2, 0) is 36.8 Å². The number of Topliss-reactive ketones (excluding diaryl/α,β-unsaturated/α-hetero) is 1. The Morgan fingerprint density at radius 1 is 0.946 bits per heavy atom. The Labute approximate surface area is 337 Å². The number of alkyl carbamates (subject to hydrolysis) is 1. The number of nitrogens with one attached hydrogen (secondary N) is 1. The lowest BCUT2D eigenvalue weighted by molar-refractivity contribution is -0.153. The van der Waals surface area contributed by atoms with Crippen molar-refractivity contribution < 1.29 is 39.8 Å². The number of hydrogen-bond donors (Lipinski definition) is 2. The van der Waals surface area contributed by atoms with Gasteiger partial charge in [-0.25, -0.2) is 9.59 Å². The van der Waals surface area contributed by atoms with Crippen molar-refractivity contribution >= 4 is 31.0 Å². The molecule has 3 heterocycles. The first kappa shape index (κ1) is 43.7. The fourth-order valence-corrected chi connectivity index (χ4v) is 9.52. The zero-order valence-corrected chi connectivity index (χ0v) is 35.3. The minimum Gasteiger partial charge on any atom is -0.444 e. The van der Waals surface area contributed by atoms with Crippen LogP contribution in [0.2, 0.25) is 5.82 Å². The van der Waals surface area contributed by atoms with E-state index in [1.165, 1.54) is 11.3 Å². The summed E-state index contributed by atoms with van der Waals surface area (Å²) >= 11 is 0. The van der Waals surface area contributed by atoms with Crippen molar-refractivity contribution in [2.75, 3.05) is 6.54 Å². The van der Waals surface area contributed by atoms with Crippen LogP contribution in [0.4, 0.5) is 9.59 Å². The molecule has 3 saturated carbocycles. The normalized spacial score (nSPS) is 31.2. The van der Waals surface area contributed by atoms with Crippen LogP contribution in [0.25, 0.3) is 0 Å². The van der Waals surface area contributed by atoms with Crippen LogP contribution in [0.5, 0.6) is 0 Å². The third-order valence-corrected chi connectivity index (χ3v) is 12.8. The molecule has 12 heteroatoms. The average molecular weight is 780 g/mol. The van der Waals surface area contributed by atoms with Gasteiger partial charge in [0.1, 0.15) is 17.7 Å². The molecular weight excluding hydrogens is 709 g/mol. The maximum absolute atomic E-state index is 14.5. The minimum absolute atomic E-state index is 0. The van der Waals surface area contributed by atoms with E-state index in [4.69, 9.17) is 14.1 Å². The third-order valence-electron chi connectivity index (χ3n) is 12.8. The molecule has 7 atom stereocenters. The van der Waals surface area contributed by atoms with Crippen LogP contribution >= 0.6 is 0 Å². The lowest BCUT2D eigenvalue weighted by Gasteiger charge is -2.62. The van der Waals surface area contributed by atoms with Crippen molar-refractivity contribution in [2.45, 2.75) is 181 Å². The van der Waals surface area contributed by atoms with Crippen molar-refractivity contribution in [3.8, 4) is 0 Å². The van der Waals surface area contributed by atoms with E-state index in [-0.39, 0.29) is 38.4 Å². The van der Waals surface area contributed by atoms with Crippen LogP contribution in [0, 0.1) is 17.3 Å². The van der Waals surface area contributed by atoms with Crippen molar-refractivity contribution in [3.63, 3.8) is 0 Å². The van der Waals surface area contributed by atoms with Gasteiger partial charge in [-0.3, -0.25) is 14.5 Å². The van der Waals surface area contributed by atoms with E-state index >= 15 is 0 Å². The number of rotatable bonds is 5. The average Bonchev–Trinajstić information content (AvgIpc) is 3.77. The summed E-state index contributed by atoms with van der Waals surface area (Å²) in [4.78, 5) is 58.5. The summed E-state index contributed by atoms with van der Waals surface area (Å²) in [6.07, 6.45) is 10.6. The van der Waals surface area contributed by atoms with Crippen LogP contribution in [0.3, 0.4) is 0 Å². The molecule has 56 heavy (non-hydrogen) atoms. The molecule has 1 aromatic carbocycles. The number of amides is 3. The molecule has 2 bridgehead atoms. The second-order valence-electron chi connectivity index (χ2n) is 18.5. The zero-order chi connectivity index (χ0) is 40.8. The van der Waals surface area contributed by atoms with Gasteiger partial charge in [-0.05, 0) is 94.6 Å². The number of ether oxygens (including phenoxy) is 2. The third kappa shape index (κ3) is 10.8. The monoisotopic (exact) mass is 780 g/mol. The summed E-state index contributed by atoms with van der Waals surface area (Å²) in [5, 5.41) is 14.5. The van der Waals surface area contributed by atoms with E-state index in [0.29, 0.717) is 31.3 Å². The molecule has 1 aromatic rings. The van der Waals surface area contributed by atoms with Gasteiger partial charge >= 0.3 is 19.3 Å². The number of allylic oxidation sites excluding steroid dienone is 1. The second-order valence-corrected chi connectivity index (χ2v) is 18.5. The highest BCUT2D eigenvalue weighted by atomic mass is 16.6. The molecule has 3 aliphatic heterocycles. The van der Waals surface area contributed by atoms with Crippen LogP contribution < -0.4 is 5.32 Å². The van der Waals surface area contributed by atoms with Gasteiger partial charge in [-0.1, -0.05) is 89.8 Å². The Balaban J connectivity index is 0.00000236. The number of fused-ring (bicyclic) bond motifs is 4. The predicted octanol–water partition coefficient (Wildman–Crippen LogP) is 8.62. The molecule has 4 fully saturated rings. The maximum Gasteiger partial charge on any atom is 0.458 e. The van der Waals surface area contributed by atoms with E-state index in [0.717, 1.165) is 56.1 Å². The Bertz CT molecular complexity index is 1540. The standard InChI is InChI=1S/C42H62BN3O8.C2H6.H2/c1-40(2,3)53-38(49)44-34-19-13-11-9-7-8-10-12-18-32(43(51)54-42(6)23-30-20-31(24-42)41(30,4)5)21-36(47)35-22-33(27-46(35)37(34)48)52-39(50)45-25-28-16-14-15-17-29(28)26-45;1-2;/h11,13-17,30-35,51H,7-10,12,18-27H2,1-6H3,(H,44,49);1-2H3;1H/b13-11-;;/t30-,31+,32-,33-,34+,35+,42?;;/m1../s1. The fourth-order valence-electron chi connectivity index (χ4n) is 9.52. The largest absolute Gasteiger partial charge is 0.458 e. The Hall–Kier alpha value is -3.38. The van der Waals surface area contributed by atoms with Crippen molar-refractivity contribution in [1.82, 2.24) is 15.1 Å². The minimum atomic E-state index is -1.13. The van der Waals surface area contributed by atoms with Gasteiger partial charge in [0.2, 0.25) is 5.91 Å². The highest BCUT2D eigenvalue weighted by molar-refractivity contribution is 6.45. The van der Waals surface area contributed by atoms with E-state index < -0.39 is 60.4 Å². The summed E-state index contributed by atoms with van der Waals surface area (Å²) in [6, 6.07) is 5.98. The van der Waals surface area contributed by atoms with Crippen molar-refractivity contribution in [3.05, 3.63) is 47.5 Å². The van der Waals surface area contributed by atoms with E-state index in [1.54, 1.807) is 25.7 Å². The molecule has 0 spiro atoms. The zero-order valence-electron chi connectivity index (χ0n) is 35.3. The van der Waals surface area contributed by atoms with E-state index in [1.807, 2.05) is 50.3 Å². The Morgan fingerprint density at radius 2 is 1.59 bits per heavy atom. The van der Waals surface area contributed by atoms with E-state index in [2.05, 4.69) is 26.1 Å². The summed E-state index contributed by atoms with van der Waals surface area (Å²) < 4.78 is 18.1. The van der Waals surface area contributed by atoms with E-state index in [9.17, 15) is 24.2 Å². The smallest absolute Gasteiger partial charge is 0.444 e. The van der Waals surface area contributed by atoms with Gasteiger partial charge in [-0.2, -0.15) is 0 Å². The molecule has 7 rings (SSSR count). The topological polar surface area (TPSA) is 135 Å². The van der Waals surface area contributed by atoms with Crippen molar-refractivity contribution in [2.24, 2.45) is 17.3 Å². The number of benzene rings is 1. The maximum atomic E-state index is 14.5. The first-order valence-electron chi connectivity index (χ1n) is 21.4. The van der Waals surface area contributed by atoms with Crippen LogP contribution in [-0.4, -0.2) is 81.8 Å². The predicted molar refractivity (Wildman–Crippen MR) is 220 cm³/mol. The summed E-state index contributed by atoms with van der Waals surface area (Å²) in [5.74, 6) is 0.00453. The summed E-state index contributed by atoms with van der Waals surface area (Å²) in [7, 11) is -1.13. The first-order valence-corrected chi connectivity index (χ1v) is 21.4. The lowest BCUT2D eigenvalue weighted by Crippen LogP contribution is -2.58. The van der Waals surface area contributed by atoms with Gasteiger partial charge in [0.15, 0.2) is 5.78 Å². The highest BCUT2D eigenvalue weighted by Crippen LogP contribution is 2.62. The van der Waals surface area contributed by atoms with Crippen LogP contribution in [0.1, 0.15) is 145 Å². The molecule has 1 unspecified atom stereocenters. The molecule has 1 saturated heterocycles. The number of carbonyl (C=O) groups is 4. The molecular formula is C44H70BN3O8. The molecule has 0 radical (unpaired) electrons. The molecule has 2 N–H and O–H groups in total. The Kier molecular flexibility index (Phi) is 14.4. The van der Waals surface area contributed by atoms with Gasteiger partial charge in [0.25, 0.3) is 0 Å². The van der Waals surface area contributed by atoms with Gasteiger partial charge < -0.3 is 29.4 Å². The highest BCUT2D eigenvalue weighted by Gasteiger charge is 2.57. The first-order chi connectivity index (χ1) is 26.5. The quantitative estimate of drug-likeness (QED) is 0.224. The van der Waals surface area contributed by atoms with Gasteiger partial charge in [-0.15, -0.1) is 0 Å². The molecule has 3 amide bonds. The SMILES string of the molecule is CC.CC(C)(C)OC(=O)N[C@H]1C/C=C\CCCCCC[C@@H](B(O)OC2(C)C[C@H]3C[C@@H](C2)C3(C)C)CC(=O)[C@@H]2C[C@@H](OC(=O)N3Cc4ccccc4C3)CN2C1=O.[HH]. The molecule has 11 nitrogen and oxygen atoms in total. The number of ketones is 1. The molecule has 6 aliphatic rings. The number of hydrogen-bond acceptors (Lipinski definition) is 8. The Morgan fingerprint density at radius 3 is 2.21 bits per heavy atom. The fraction of sp³-hybridized carbons (Fsp3) is 0.727.